The summed E-state index contributed by atoms with van der Waals surface area (Å²) < 4.78 is 4.20. The van der Waals surface area contributed by atoms with Gasteiger partial charge in [-0.25, -0.2) is 9.97 Å². The molecule has 6 heteroatoms. The first kappa shape index (κ1) is 14.6. The molecular formula is C17H15ClN4S. The standard InChI is InChI=1S/C17H15ClN4S/c1-2-22-15-6-4-3-5-14(15)20-17(22)23-11-13-10-21-9-12(18)7-8-16(21)19-13/h3-10H,2,11H2,1H3. The number of hydrogen-bond donors (Lipinski definition) is 0. The lowest BCUT2D eigenvalue weighted by atomic mass is 10.3. The average Bonchev–Trinajstić information content (AvgIpc) is 3.12. The van der Waals surface area contributed by atoms with Crippen molar-refractivity contribution in [3.8, 4) is 0 Å². The molecule has 1 aromatic carbocycles. The molecule has 3 heterocycles. The largest absolute Gasteiger partial charge is 0.319 e. The Labute approximate surface area is 143 Å². The van der Waals surface area contributed by atoms with E-state index in [0.717, 1.165) is 34.3 Å². The van der Waals surface area contributed by atoms with Crippen molar-refractivity contribution in [1.29, 1.82) is 0 Å². The predicted molar refractivity (Wildman–Crippen MR) is 95.2 cm³/mol. The van der Waals surface area contributed by atoms with Gasteiger partial charge >= 0.3 is 0 Å². The zero-order valence-corrected chi connectivity index (χ0v) is 14.2. The molecule has 23 heavy (non-hydrogen) atoms. The van der Waals surface area contributed by atoms with Gasteiger partial charge in [0.15, 0.2) is 5.16 Å². The van der Waals surface area contributed by atoms with Crippen molar-refractivity contribution < 1.29 is 0 Å². The summed E-state index contributed by atoms with van der Waals surface area (Å²) in [5.41, 5.74) is 4.15. The number of thioether (sulfide) groups is 1. The first-order chi connectivity index (χ1) is 11.2. The molecule has 0 atom stereocenters. The Kier molecular flexibility index (Phi) is 3.75. The Bertz CT molecular complexity index is 989. The van der Waals surface area contributed by atoms with Crippen LogP contribution in [-0.2, 0) is 12.3 Å². The molecule has 116 valence electrons. The molecule has 0 bridgehead atoms. The first-order valence-corrected chi connectivity index (χ1v) is 8.82. The lowest BCUT2D eigenvalue weighted by Crippen LogP contribution is -1.96. The summed E-state index contributed by atoms with van der Waals surface area (Å²) in [6.45, 7) is 3.05. The zero-order chi connectivity index (χ0) is 15.8. The van der Waals surface area contributed by atoms with Gasteiger partial charge in [-0.1, -0.05) is 35.5 Å². The molecule has 0 saturated carbocycles. The van der Waals surface area contributed by atoms with Crippen LogP contribution in [0.4, 0.5) is 0 Å². The summed E-state index contributed by atoms with van der Waals surface area (Å²) in [4.78, 5) is 9.36. The van der Waals surface area contributed by atoms with Crippen molar-refractivity contribution in [3.05, 3.63) is 59.5 Å². The van der Waals surface area contributed by atoms with Crippen molar-refractivity contribution in [2.75, 3.05) is 0 Å². The SMILES string of the molecule is CCn1c(SCc2cn3cc(Cl)ccc3n2)nc2ccccc21. The number of hydrogen-bond acceptors (Lipinski definition) is 3. The zero-order valence-electron chi connectivity index (χ0n) is 12.6. The van der Waals surface area contributed by atoms with Gasteiger partial charge < -0.3 is 8.97 Å². The Morgan fingerprint density at radius 1 is 1.09 bits per heavy atom. The summed E-state index contributed by atoms with van der Waals surface area (Å²) in [6, 6.07) is 12.0. The van der Waals surface area contributed by atoms with E-state index >= 15 is 0 Å². The molecule has 0 aliphatic rings. The molecule has 0 unspecified atom stereocenters. The predicted octanol–water partition coefficient (Wildman–Crippen LogP) is 4.65. The third kappa shape index (κ3) is 2.71. The summed E-state index contributed by atoms with van der Waals surface area (Å²) >= 11 is 7.73. The minimum Gasteiger partial charge on any atom is -0.319 e. The molecule has 0 amide bonds. The second kappa shape index (κ2) is 5.91. The molecule has 0 aliphatic heterocycles. The number of fused-ring (bicyclic) bond motifs is 2. The fourth-order valence-corrected chi connectivity index (χ4v) is 3.82. The number of nitrogens with zero attached hydrogens (tertiary/aromatic N) is 4. The van der Waals surface area contributed by atoms with E-state index in [2.05, 4.69) is 34.7 Å². The van der Waals surface area contributed by atoms with Gasteiger partial charge in [0, 0.05) is 24.7 Å². The monoisotopic (exact) mass is 342 g/mol. The fourth-order valence-electron chi connectivity index (χ4n) is 2.69. The van der Waals surface area contributed by atoms with Crippen LogP contribution >= 0.6 is 23.4 Å². The molecule has 4 nitrogen and oxygen atoms in total. The van der Waals surface area contributed by atoms with E-state index in [1.54, 1.807) is 11.8 Å². The maximum atomic E-state index is 6.02. The van der Waals surface area contributed by atoms with Crippen molar-refractivity contribution in [1.82, 2.24) is 18.9 Å². The molecule has 0 aliphatic carbocycles. The number of para-hydroxylation sites is 2. The highest BCUT2D eigenvalue weighted by Gasteiger charge is 2.11. The van der Waals surface area contributed by atoms with Crippen LogP contribution in [0.3, 0.4) is 0 Å². The quantitative estimate of drug-likeness (QED) is 0.506. The van der Waals surface area contributed by atoms with Crippen molar-refractivity contribution >= 4 is 40.0 Å². The van der Waals surface area contributed by atoms with E-state index in [-0.39, 0.29) is 0 Å². The average molecular weight is 343 g/mol. The smallest absolute Gasteiger partial charge is 0.169 e. The normalized spacial score (nSPS) is 11.6. The van der Waals surface area contributed by atoms with Gasteiger partial charge in [0.25, 0.3) is 0 Å². The molecule has 0 radical (unpaired) electrons. The van der Waals surface area contributed by atoms with Crippen LogP contribution in [0.15, 0.2) is 53.9 Å². The number of halogens is 1. The molecule has 0 N–H and O–H groups in total. The van der Waals surface area contributed by atoms with Crippen LogP contribution in [0.25, 0.3) is 16.7 Å². The van der Waals surface area contributed by atoms with Gasteiger partial charge in [0.05, 0.1) is 21.7 Å². The van der Waals surface area contributed by atoms with E-state index in [9.17, 15) is 0 Å². The van der Waals surface area contributed by atoms with Gasteiger partial charge in [0.2, 0.25) is 0 Å². The summed E-state index contributed by atoms with van der Waals surface area (Å²) in [5, 5.41) is 1.74. The van der Waals surface area contributed by atoms with Gasteiger partial charge in [-0.15, -0.1) is 0 Å². The molecule has 4 rings (SSSR count). The second-order valence-corrected chi connectivity index (χ2v) is 6.64. The molecule has 0 fully saturated rings. The lowest BCUT2D eigenvalue weighted by Gasteiger charge is -2.04. The van der Waals surface area contributed by atoms with Crippen molar-refractivity contribution in [2.45, 2.75) is 24.4 Å². The van der Waals surface area contributed by atoms with E-state index < -0.39 is 0 Å². The number of pyridine rings is 1. The van der Waals surface area contributed by atoms with Crippen LogP contribution in [0.2, 0.25) is 5.02 Å². The highest BCUT2D eigenvalue weighted by atomic mass is 35.5. The van der Waals surface area contributed by atoms with Gasteiger partial charge in [-0.3, -0.25) is 0 Å². The maximum absolute atomic E-state index is 6.02. The Hall–Kier alpha value is -1.98. The van der Waals surface area contributed by atoms with Crippen LogP contribution < -0.4 is 0 Å². The minimum absolute atomic E-state index is 0.710. The molecular weight excluding hydrogens is 328 g/mol. The lowest BCUT2D eigenvalue weighted by molar-refractivity contribution is 0.702. The van der Waals surface area contributed by atoms with Crippen molar-refractivity contribution in [2.24, 2.45) is 0 Å². The number of benzene rings is 1. The summed E-state index contributed by atoms with van der Waals surface area (Å²) in [6.07, 6.45) is 3.90. The number of imidazole rings is 2. The topological polar surface area (TPSA) is 35.1 Å². The van der Waals surface area contributed by atoms with Crippen molar-refractivity contribution in [3.63, 3.8) is 0 Å². The van der Waals surface area contributed by atoms with Crippen LogP contribution in [0.1, 0.15) is 12.6 Å². The number of aryl methyl sites for hydroxylation is 1. The van der Waals surface area contributed by atoms with Crippen LogP contribution in [0.5, 0.6) is 0 Å². The fraction of sp³-hybridized carbons (Fsp3) is 0.176. The number of aromatic nitrogens is 4. The Morgan fingerprint density at radius 3 is 2.83 bits per heavy atom. The van der Waals surface area contributed by atoms with E-state index in [4.69, 9.17) is 16.6 Å². The van der Waals surface area contributed by atoms with E-state index in [0.29, 0.717) is 5.02 Å². The van der Waals surface area contributed by atoms with Gasteiger partial charge in [0.1, 0.15) is 5.65 Å². The Balaban J connectivity index is 1.62. The Morgan fingerprint density at radius 2 is 1.96 bits per heavy atom. The second-order valence-electron chi connectivity index (χ2n) is 5.26. The summed E-state index contributed by atoms with van der Waals surface area (Å²) in [5.74, 6) is 0.780. The molecule has 4 aromatic rings. The molecule has 0 spiro atoms. The third-order valence-corrected chi connectivity index (χ3v) is 4.98. The van der Waals surface area contributed by atoms with Crippen LogP contribution in [-0.4, -0.2) is 18.9 Å². The van der Waals surface area contributed by atoms with Gasteiger partial charge in [-0.05, 0) is 31.2 Å². The maximum Gasteiger partial charge on any atom is 0.169 e. The first-order valence-electron chi connectivity index (χ1n) is 7.46. The third-order valence-electron chi connectivity index (χ3n) is 3.75. The van der Waals surface area contributed by atoms with Gasteiger partial charge in [-0.2, -0.15) is 0 Å². The highest BCUT2D eigenvalue weighted by molar-refractivity contribution is 7.98. The molecule has 0 saturated heterocycles. The van der Waals surface area contributed by atoms with E-state index in [1.807, 2.05) is 35.0 Å². The summed E-state index contributed by atoms with van der Waals surface area (Å²) in [7, 11) is 0. The molecule has 3 aromatic heterocycles. The number of rotatable bonds is 4. The van der Waals surface area contributed by atoms with Crippen LogP contribution in [0, 0.1) is 0 Å². The highest BCUT2D eigenvalue weighted by Crippen LogP contribution is 2.26. The minimum atomic E-state index is 0.710. The van der Waals surface area contributed by atoms with E-state index in [1.165, 1.54) is 5.52 Å².